The maximum absolute atomic E-state index is 13.0. The predicted molar refractivity (Wildman–Crippen MR) is 115 cm³/mol. The van der Waals surface area contributed by atoms with E-state index in [2.05, 4.69) is 13.8 Å². The quantitative estimate of drug-likeness (QED) is 0.751. The van der Waals surface area contributed by atoms with Gasteiger partial charge in [0.1, 0.15) is 12.4 Å². The van der Waals surface area contributed by atoms with Crippen LogP contribution in [0.1, 0.15) is 30.9 Å². The van der Waals surface area contributed by atoms with Gasteiger partial charge in [0.2, 0.25) is 15.9 Å². The second kappa shape index (κ2) is 8.40. The summed E-state index contributed by atoms with van der Waals surface area (Å²) in [5.41, 5.74) is 2.16. The number of amides is 1. The fourth-order valence-electron chi connectivity index (χ4n) is 4.07. The van der Waals surface area contributed by atoms with E-state index in [0.29, 0.717) is 50.0 Å². The Morgan fingerprint density at radius 2 is 1.67 bits per heavy atom. The molecule has 6 nitrogen and oxygen atoms in total. The first-order chi connectivity index (χ1) is 14.4. The maximum Gasteiger partial charge on any atom is 0.243 e. The van der Waals surface area contributed by atoms with Crippen molar-refractivity contribution < 1.29 is 17.9 Å². The van der Waals surface area contributed by atoms with Gasteiger partial charge in [0, 0.05) is 26.2 Å². The van der Waals surface area contributed by atoms with Gasteiger partial charge in [-0.3, -0.25) is 4.79 Å². The van der Waals surface area contributed by atoms with Crippen molar-refractivity contribution in [3.63, 3.8) is 0 Å². The average molecular weight is 429 g/mol. The molecule has 0 N–H and O–H groups in total. The third-order valence-electron chi connectivity index (χ3n) is 5.96. The standard InChI is InChI=1S/C23H28N2O4S/c1-17(2)18-7-9-21(10-8-18)30(27,28)25-13-11-24(12-14-25)23(26)20-15-19-5-3-4-6-22(19)29-16-20/h3-10,17,20H,11-16H2,1-2H3/t20-/m1/s1. The highest BCUT2D eigenvalue weighted by atomic mass is 32.2. The van der Waals surface area contributed by atoms with Crippen LogP contribution in [0.25, 0.3) is 0 Å². The zero-order valence-corrected chi connectivity index (χ0v) is 18.3. The van der Waals surface area contributed by atoms with E-state index < -0.39 is 10.0 Å². The lowest BCUT2D eigenvalue weighted by Crippen LogP contribution is -2.52. The van der Waals surface area contributed by atoms with E-state index in [0.717, 1.165) is 16.9 Å². The van der Waals surface area contributed by atoms with Gasteiger partial charge in [0.15, 0.2) is 0 Å². The number of hydrogen-bond donors (Lipinski definition) is 0. The van der Waals surface area contributed by atoms with Crippen LogP contribution in [0, 0.1) is 5.92 Å². The Balaban J connectivity index is 1.38. The van der Waals surface area contributed by atoms with E-state index in [-0.39, 0.29) is 11.8 Å². The van der Waals surface area contributed by atoms with E-state index in [1.165, 1.54) is 4.31 Å². The van der Waals surface area contributed by atoms with Crippen LogP contribution in [0.15, 0.2) is 53.4 Å². The zero-order valence-electron chi connectivity index (χ0n) is 17.5. The molecule has 0 aliphatic carbocycles. The second-order valence-electron chi connectivity index (χ2n) is 8.27. The highest BCUT2D eigenvalue weighted by molar-refractivity contribution is 7.89. The highest BCUT2D eigenvalue weighted by Crippen LogP contribution is 2.28. The van der Waals surface area contributed by atoms with Crippen LogP contribution in [0.2, 0.25) is 0 Å². The molecule has 2 heterocycles. The van der Waals surface area contributed by atoms with E-state index in [1.807, 2.05) is 36.4 Å². The van der Waals surface area contributed by atoms with Gasteiger partial charge in [-0.05, 0) is 41.7 Å². The van der Waals surface area contributed by atoms with Gasteiger partial charge in [-0.25, -0.2) is 8.42 Å². The number of sulfonamides is 1. The monoisotopic (exact) mass is 428 g/mol. The third-order valence-corrected chi connectivity index (χ3v) is 7.88. The lowest BCUT2D eigenvalue weighted by atomic mass is 9.95. The molecule has 0 spiro atoms. The van der Waals surface area contributed by atoms with Crippen molar-refractivity contribution in [2.24, 2.45) is 5.92 Å². The number of para-hydroxylation sites is 1. The Labute approximate surface area is 178 Å². The number of benzene rings is 2. The molecule has 1 atom stereocenters. The number of ether oxygens (including phenoxy) is 1. The van der Waals surface area contributed by atoms with Crippen molar-refractivity contribution in [1.82, 2.24) is 9.21 Å². The first kappa shape index (κ1) is 20.9. The second-order valence-corrected chi connectivity index (χ2v) is 10.2. The Morgan fingerprint density at radius 3 is 2.33 bits per heavy atom. The molecule has 1 saturated heterocycles. The van der Waals surface area contributed by atoms with Crippen LogP contribution in [0.5, 0.6) is 5.75 Å². The van der Waals surface area contributed by atoms with E-state index in [4.69, 9.17) is 4.74 Å². The molecule has 7 heteroatoms. The predicted octanol–water partition coefficient (Wildman–Crippen LogP) is 2.89. The molecule has 0 bridgehead atoms. The number of piperazine rings is 1. The smallest absolute Gasteiger partial charge is 0.243 e. The molecule has 2 aliphatic heterocycles. The van der Waals surface area contributed by atoms with Gasteiger partial charge >= 0.3 is 0 Å². The summed E-state index contributed by atoms with van der Waals surface area (Å²) < 4.78 is 33.2. The summed E-state index contributed by atoms with van der Waals surface area (Å²) in [6.45, 7) is 5.96. The van der Waals surface area contributed by atoms with Crippen molar-refractivity contribution in [3.8, 4) is 5.75 Å². The van der Waals surface area contributed by atoms with E-state index >= 15 is 0 Å². The zero-order chi connectivity index (χ0) is 21.3. The number of nitrogens with zero attached hydrogens (tertiary/aromatic N) is 2. The van der Waals surface area contributed by atoms with Crippen LogP contribution in [0.3, 0.4) is 0 Å². The highest BCUT2D eigenvalue weighted by Gasteiger charge is 2.34. The molecule has 160 valence electrons. The van der Waals surface area contributed by atoms with Crippen molar-refractivity contribution in [2.45, 2.75) is 31.1 Å². The first-order valence-electron chi connectivity index (χ1n) is 10.5. The summed E-state index contributed by atoms with van der Waals surface area (Å²) in [5.74, 6) is 1.03. The summed E-state index contributed by atoms with van der Waals surface area (Å²) in [4.78, 5) is 15.1. The van der Waals surface area contributed by atoms with Crippen LogP contribution < -0.4 is 4.74 Å². The van der Waals surface area contributed by atoms with Crippen LogP contribution in [-0.2, 0) is 21.2 Å². The summed E-state index contributed by atoms with van der Waals surface area (Å²) in [6, 6.07) is 14.9. The van der Waals surface area contributed by atoms with E-state index in [9.17, 15) is 13.2 Å². The van der Waals surface area contributed by atoms with Gasteiger partial charge in [0.05, 0.1) is 10.8 Å². The normalized spacial score (nSPS) is 20.0. The fourth-order valence-corrected chi connectivity index (χ4v) is 5.49. The summed E-state index contributed by atoms with van der Waals surface area (Å²) in [5, 5.41) is 0. The number of carbonyl (C=O) groups is 1. The molecular weight excluding hydrogens is 400 g/mol. The van der Waals surface area contributed by atoms with E-state index in [1.54, 1.807) is 17.0 Å². The minimum atomic E-state index is -3.55. The van der Waals surface area contributed by atoms with Gasteiger partial charge < -0.3 is 9.64 Å². The van der Waals surface area contributed by atoms with Crippen molar-refractivity contribution in [3.05, 3.63) is 59.7 Å². The number of hydrogen-bond acceptors (Lipinski definition) is 4. The molecule has 2 aliphatic rings. The minimum Gasteiger partial charge on any atom is -0.492 e. The Bertz CT molecular complexity index is 1010. The molecule has 0 unspecified atom stereocenters. The van der Waals surface area contributed by atoms with Gasteiger partial charge in [-0.1, -0.05) is 44.2 Å². The maximum atomic E-state index is 13.0. The van der Waals surface area contributed by atoms with Crippen LogP contribution in [-0.4, -0.2) is 56.3 Å². The molecule has 1 amide bonds. The minimum absolute atomic E-state index is 0.0443. The Kier molecular flexibility index (Phi) is 5.84. The SMILES string of the molecule is CC(C)c1ccc(S(=O)(=O)N2CCN(C(=O)[C@H]3COc4ccccc4C3)CC2)cc1. The molecule has 4 rings (SSSR count). The van der Waals surface area contributed by atoms with Crippen LogP contribution >= 0.6 is 0 Å². The molecule has 0 radical (unpaired) electrons. The molecule has 0 aromatic heterocycles. The summed E-state index contributed by atoms with van der Waals surface area (Å²) in [7, 11) is -3.55. The third kappa shape index (κ3) is 4.09. The van der Waals surface area contributed by atoms with Crippen molar-refractivity contribution >= 4 is 15.9 Å². The van der Waals surface area contributed by atoms with Gasteiger partial charge in [-0.2, -0.15) is 4.31 Å². The molecule has 1 fully saturated rings. The molecule has 30 heavy (non-hydrogen) atoms. The summed E-state index contributed by atoms with van der Waals surface area (Å²) in [6.07, 6.45) is 0.662. The number of rotatable bonds is 4. The number of fused-ring (bicyclic) bond motifs is 1. The van der Waals surface area contributed by atoms with Crippen LogP contribution in [0.4, 0.5) is 0 Å². The topological polar surface area (TPSA) is 66.9 Å². The molecule has 0 saturated carbocycles. The molecule has 2 aromatic carbocycles. The van der Waals surface area contributed by atoms with Gasteiger partial charge in [-0.15, -0.1) is 0 Å². The molecule has 2 aromatic rings. The lowest BCUT2D eigenvalue weighted by molar-refractivity contribution is -0.138. The first-order valence-corrected chi connectivity index (χ1v) is 11.9. The van der Waals surface area contributed by atoms with Crippen molar-refractivity contribution in [2.75, 3.05) is 32.8 Å². The number of carbonyl (C=O) groups excluding carboxylic acids is 1. The molecular formula is C23H28N2O4S. The Morgan fingerprint density at radius 1 is 1.00 bits per heavy atom. The fraction of sp³-hybridized carbons (Fsp3) is 0.435. The van der Waals surface area contributed by atoms with Gasteiger partial charge in [0.25, 0.3) is 0 Å². The summed E-state index contributed by atoms with van der Waals surface area (Å²) >= 11 is 0. The largest absolute Gasteiger partial charge is 0.492 e. The average Bonchev–Trinajstić information content (AvgIpc) is 2.78. The van der Waals surface area contributed by atoms with Crippen molar-refractivity contribution in [1.29, 1.82) is 0 Å². The lowest BCUT2D eigenvalue weighted by Gasteiger charge is -2.36. The Hall–Kier alpha value is -2.38.